The van der Waals surface area contributed by atoms with E-state index >= 15 is 0 Å². The molecule has 7 heteroatoms. The van der Waals surface area contributed by atoms with Gasteiger partial charge in [-0.1, -0.05) is 36.4 Å². The molecule has 2 aromatic carbocycles. The molecule has 7 nitrogen and oxygen atoms in total. The van der Waals surface area contributed by atoms with Crippen LogP contribution >= 0.6 is 0 Å². The van der Waals surface area contributed by atoms with Gasteiger partial charge in [0.1, 0.15) is 11.4 Å². The lowest BCUT2D eigenvalue weighted by Crippen LogP contribution is -2.42. The monoisotopic (exact) mass is 405 g/mol. The third-order valence-electron chi connectivity index (χ3n) is 5.25. The maximum absolute atomic E-state index is 10.0. The third kappa shape index (κ3) is 5.06. The Bertz CT molecular complexity index is 972. The highest BCUT2D eigenvalue weighted by molar-refractivity contribution is 5.68. The molecule has 1 aliphatic rings. The van der Waals surface area contributed by atoms with Gasteiger partial charge in [0.25, 0.3) is 0 Å². The Kier molecular flexibility index (Phi) is 6.41. The summed E-state index contributed by atoms with van der Waals surface area (Å²) in [5.41, 5.74) is 9.58. The second kappa shape index (κ2) is 9.56. The molecular weight excluding hydrogens is 378 g/mol. The lowest BCUT2D eigenvalue weighted by Gasteiger charge is -2.27. The van der Waals surface area contributed by atoms with Crippen molar-refractivity contribution in [1.29, 1.82) is 0 Å². The van der Waals surface area contributed by atoms with Crippen LogP contribution in [0.4, 0.5) is 5.82 Å². The van der Waals surface area contributed by atoms with Crippen molar-refractivity contribution in [2.24, 2.45) is 0 Å². The van der Waals surface area contributed by atoms with Gasteiger partial charge in [0.2, 0.25) is 0 Å². The van der Waals surface area contributed by atoms with Crippen LogP contribution in [0.3, 0.4) is 0 Å². The maximum Gasteiger partial charge on any atom is 0.188 e. The smallest absolute Gasteiger partial charge is 0.188 e. The average molecular weight is 406 g/mol. The van der Waals surface area contributed by atoms with E-state index in [4.69, 9.17) is 10.5 Å². The third-order valence-corrected chi connectivity index (χ3v) is 5.25. The Morgan fingerprint density at radius 3 is 2.50 bits per heavy atom. The normalized spacial score (nSPS) is 14.5. The van der Waals surface area contributed by atoms with E-state index in [0.29, 0.717) is 23.6 Å². The first-order chi connectivity index (χ1) is 14.7. The zero-order valence-corrected chi connectivity index (χ0v) is 16.9. The molecule has 0 saturated carbocycles. The molecule has 1 aliphatic heterocycles. The van der Waals surface area contributed by atoms with Crippen molar-refractivity contribution in [2.75, 3.05) is 38.5 Å². The second-order valence-corrected chi connectivity index (χ2v) is 7.44. The number of aromatic nitrogens is 2. The molecule has 30 heavy (non-hydrogen) atoms. The van der Waals surface area contributed by atoms with Crippen LogP contribution in [0.5, 0.6) is 11.5 Å². The number of hydrogen-bond acceptors (Lipinski definition) is 7. The average Bonchev–Trinajstić information content (AvgIpc) is 2.77. The number of phenols is 1. The van der Waals surface area contributed by atoms with E-state index in [9.17, 15) is 5.11 Å². The summed E-state index contributed by atoms with van der Waals surface area (Å²) in [5.74, 6) is 0.850. The molecule has 0 radical (unpaired) electrons. The van der Waals surface area contributed by atoms with Crippen LogP contribution in [0.25, 0.3) is 11.3 Å². The maximum atomic E-state index is 10.0. The topological polar surface area (TPSA) is 96.5 Å². The zero-order chi connectivity index (χ0) is 20.8. The number of nitrogens with one attached hydrogen (secondary N) is 1. The number of hydrogen-bond donors (Lipinski definition) is 3. The van der Waals surface area contributed by atoms with E-state index in [1.807, 2.05) is 6.07 Å². The van der Waals surface area contributed by atoms with Crippen LogP contribution in [-0.2, 0) is 13.0 Å². The predicted octanol–water partition coefficient (Wildman–Crippen LogP) is 2.46. The number of aromatic hydroxyl groups is 1. The van der Waals surface area contributed by atoms with Gasteiger partial charge in [-0.2, -0.15) is 0 Å². The molecule has 156 valence electrons. The molecular formula is C23H27N5O2. The highest BCUT2D eigenvalue weighted by Gasteiger charge is 2.11. The van der Waals surface area contributed by atoms with Gasteiger partial charge >= 0.3 is 0 Å². The van der Waals surface area contributed by atoms with Crippen molar-refractivity contribution < 1.29 is 9.84 Å². The summed E-state index contributed by atoms with van der Waals surface area (Å²) in [7, 11) is 0. The van der Waals surface area contributed by atoms with Gasteiger partial charge in [0, 0.05) is 50.8 Å². The first-order valence-electron chi connectivity index (χ1n) is 10.2. The summed E-state index contributed by atoms with van der Waals surface area (Å²) in [6.45, 7) is 5.79. The minimum absolute atomic E-state index is 0.142. The highest BCUT2D eigenvalue weighted by Crippen LogP contribution is 2.30. The van der Waals surface area contributed by atoms with Crippen LogP contribution in [-0.4, -0.2) is 53.0 Å². The van der Waals surface area contributed by atoms with Gasteiger partial charge < -0.3 is 20.9 Å². The summed E-state index contributed by atoms with van der Waals surface area (Å²) in [6.07, 6.45) is 0.765. The van der Waals surface area contributed by atoms with Gasteiger partial charge in [-0.15, -0.1) is 10.2 Å². The summed E-state index contributed by atoms with van der Waals surface area (Å²) >= 11 is 0. The highest BCUT2D eigenvalue weighted by atomic mass is 16.5. The number of nitrogens with two attached hydrogens (primary N) is 1. The zero-order valence-electron chi connectivity index (χ0n) is 16.9. The van der Waals surface area contributed by atoms with Crippen LogP contribution in [0.2, 0.25) is 0 Å². The Balaban J connectivity index is 1.34. The number of piperazine rings is 1. The molecule has 3 aromatic rings. The quantitative estimate of drug-likeness (QED) is 0.556. The molecule has 0 unspecified atom stereocenters. The van der Waals surface area contributed by atoms with Gasteiger partial charge in [-0.05, 0) is 23.3 Å². The van der Waals surface area contributed by atoms with Gasteiger partial charge in [-0.3, -0.25) is 4.90 Å². The first kappa shape index (κ1) is 20.1. The van der Waals surface area contributed by atoms with Crippen molar-refractivity contribution >= 4 is 5.82 Å². The number of para-hydroxylation sites is 1. The molecule has 2 heterocycles. The number of phenolic OH excluding ortho intramolecular Hbond substituents is 1. The molecule has 0 spiro atoms. The van der Waals surface area contributed by atoms with Gasteiger partial charge in [0.15, 0.2) is 11.6 Å². The Hall–Kier alpha value is -3.16. The predicted molar refractivity (Wildman–Crippen MR) is 117 cm³/mol. The van der Waals surface area contributed by atoms with Crippen LogP contribution in [0, 0.1) is 0 Å². The Morgan fingerprint density at radius 1 is 1.00 bits per heavy atom. The summed E-state index contributed by atoms with van der Waals surface area (Å²) in [4.78, 5) is 2.47. The number of anilines is 1. The standard InChI is InChI=1S/C23H27N5O2/c24-23-22(15-20(26-27-23)19-3-1-2-4-21(19)29)30-14-9-17-5-7-18(8-6-17)16-28-12-10-25-11-13-28/h1-8,15,25,29H,9-14,16H2,(H2,24,27). The Morgan fingerprint density at radius 2 is 1.73 bits per heavy atom. The van der Waals surface area contributed by atoms with E-state index in [-0.39, 0.29) is 11.6 Å². The first-order valence-corrected chi connectivity index (χ1v) is 10.2. The fraction of sp³-hybridized carbons (Fsp3) is 0.304. The molecule has 4 rings (SSSR count). The van der Waals surface area contributed by atoms with Gasteiger partial charge in [0.05, 0.1) is 6.61 Å². The minimum atomic E-state index is 0.142. The van der Waals surface area contributed by atoms with Crippen molar-refractivity contribution in [2.45, 2.75) is 13.0 Å². The SMILES string of the molecule is Nc1nnc(-c2ccccc2O)cc1OCCc1ccc(CN2CCNCC2)cc1. The van der Waals surface area contributed by atoms with E-state index in [1.165, 1.54) is 11.1 Å². The largest absolute Gasteiger partial charge is 0.507 e. The molecule has 0 atom stereocenters. The molecule has 0 amide bonds. The molecule has 0 bridgehead atoms. The van der Waals surface area contributed by atoms with Crippen molar-refractivity contribution in [1.82, 2.24) is 20.4 Å². The van der Waals surface area contributed by atoms with E-state index in [1.54, 1.807) is 24.3 Å². The number of benzene rings is 2. The molecule has 4 N–H and O–H groups in total. The molecule has 0 aliphatic carbocycles. The molecule has 1 fully saturated rings. The lowest BCUT2D eigenvalue weighted by atomic mass is 10.1. The Labute approximate surface area is 176 Å². The van der Waals surface area contributed by atoms with Crippen LogP contribution < -0.4 is 15.8 Å². The number of nitrogen functional groups attached to an aromatic ring is 1. The van der Waals surface area contributed by atoms with Crippen molar-refractivity contribution in [3.8, 4) is 22.8 Å². The fourth-order valence-corrected chi connectivity index (χ4v) is 3.54. The summed E-state index contributed by atoms with van der Waals surface area (Å²) < 4.78 is 5.87. The van der Waals surface area contributed by atoms with E-state index in [2.05, 4.69) is 44.7 Å². The summed E-state index contributed by atoms with van der Waals surface area (Å²) in [6, 6.07) is 17.4. The van der Waals surface area contributed by atoms with Crippen molar-refractivity contribution in [3.05, 3.63) is 65.7 Å². The minimum Gasteiger partial charge on any atom is -0.507 e. The summed E-state index contributed by atoms with van der Waals surface area (Å²) in [5, 5.41) is 21.5. The molecule has 1 aromatic heterocycles. The number of nitrogens with zero attached hydrogens (tertiary/aromatic N) is 3. The van der Waals surface area contributed by atoms with Crippen molar-refractivity contribution in [3.63, 3.8) is 0 Å². The van der Waals surface area contributed by atoms with Crippen LogP contribution in [0.15, 0.2) is 54.6 Å². The number of ether oxygens (including phenoxy) is 1. The van der Waals surface area contributed by atoms with Gasteiger partial charge in [-0.25, -0.2) is 0 Å². The second-order valence-electron chi connectivity index (χ2n) is 7.44. The fourth-order valence-electron chi connectivity index (χ4n) is 3.54. The van der Waals surface area contributed by atoms with Crippen LogP contribution in [0.1, 0.15) is 11.1 Å². The van der Waals surface area contributed by atoms with E-state index in [0.717, 1.165) is 39.1 Å². The molecule has 1 saturated heterocycles. The number of rotatable bonds is 7. The lowest BCUT2D eigenvalue weighted by molar-refractivity contribution is 0.233. The van der Waals surface area contributed by atoms with E-state index < -0.39 is 0 Å².